The molecule has 0 aromatic heterocycles. The Morgan fingerprint density at radius 1 is 1.40 bits per heavy atom. The van der Waals surface area contributed by atoms with E-state index in [1.165, 1.54) is 0 Å². The first kappa shape index (κ1) is 11.9. The molecule has 1 aromatic carbocycles. The third-order valence-electron chi connectivity index (χ3n) is 2.05. The third kappa shape index (κ3) is 3.80. The van der Waals surface area contributed by atoms with Gasteiger partial charge in [0.05, 0.1) is 5.75 Å². The van der Waals surface area contributed by atoms with Gasteiger partial charge in [-0.25, -0.2) is 0 Å². The Hall–Kier alpha value is -1.22. The van der Waals surface area contributed by atoms with Gasteiger partial charge in [0, 0.05) is 13.1 Å². The van der Waals surface area contributed by atoms with Crippen molar-refractivity contribution < 1.29 is 4.79 Å². The second kappa shape index (κ2) is 6.30. The monoisotopic (exact) mass is 221 g/mol. The second-order valence-corrected chi connectivity index (χ2v) is 3.52. The van der Waals surface area contributed by atoms with Crippen LogP contribution in [0.1, 0.15) is 5.56 Å². The first-order valence-electron chi connectivity index (χ1n) is 4.81. The number of carbonyl (C=O) groups is 1. The van der Waals surface area contributed by atoms with Gasteiger partial charge in [-0.15, -0.1) is 6.58 Å². The fourth-order valence-corrected chi connectivity index (χ4v) is 1.51. The highest BCUT2D eigenvalue weighted by Crippen LogP contribution is 2.05. The lowest BCUT2D eigenvalue weighted by Crippen LogP contribution is -2.31. The van der Waals surface area contributed by atoms with Crippen LogP contribution in [-0.2, 0) is 11.3 Å². The summed E-state index contributed by atoms with van der Waals surface area (Å²) in [6, 6.07) is 9.89. The third-order valence-corrected chi connectivity index (χ3v) is 2.32. The van der Waals surface area contributed by atoms with E-state index < -0.39 is 0 Å². The van der Waals surface area contributed by atoms with Crippen molar-refractivity contribution in [1.29, 1.82) is 0 Å². The molecule has 0 saturated heterocycles. The number of benzene rings is 1. The highest BCUT2D eigenvalue weighted by molar-refractivity contribution is 7.81. The number of thiol groups is 1. The smallest absolute Gasteiger partial charge is 0.232 e. The van der Waals surface area contributed by atoms with E-state index in [-0.39, 0.29) is 11.7 Å². The second-order valence-electron chi connectivity index (χ2n) is 3.21. The van der Waals surface area contributed by atoms with Gasteiger partial charge in [-0.3, -0.25) is 4.79 Å². The zero-order chi connectivity index (χ0) is 11.1. The Labute approximate surface area is 96.0 Å². The lowest BCUT2D eigenvalue weighted by atomic mass is 10.2. The van der Waals surface area contributed by atoms with E-state index in [0.717, 1.165) is 5.56 Å². The van der Waals surface area contributed by atoms with Gasteiger partial charge in [-0.05, 0) is 5.56 Å². The summed E-state index contributed by atoms with van der Waals surface area (Å²) in [7, 11) is 0. The number of hydrogen-bond donors (Lipinski definition) is 1. The molecule has 3 heteroatoms. The van der Waals surface area contributed by atoms with Crippen molar-refractivity contribution in [2.45, 2.75) is 6.54 Å². The molecule has 1 aromatic rings. The summed E-state index contributed by atoms with van der Waals surface area (Å²) in [4.78, 5) is 13.2. The van der Waals surface area contributed by atoms with Crippen molar-refractivity contribution in [3.05, 3.63) is 48.6 Å². The topological polar surface area (TPSA) is 20.3 Å². The molecule has 0 fully saturated rings. The fraction of sp³-hybridized carbons (Fsp3) is 0.250. The number of amides is 1. The zero-order valence-electron chi connectivity index (χ0n) is 8.60. The Bertz CT molecular complexity index is 324. The van der Waals surface area contributed by atoms with Crippen molar-refractivity contribution in [2.75, 3.05) is 12.3 Å². The van der Waals surface area contributed by atoms with E-state index in [2.05, 4.69) is 19.2 Å². The molecule has 0 heterocycles. The number of nitrogens with zero attached hydrogens (tertiary/aromatic N) is 1. The molecular weight excluding hydrogens is 206 g/mol. The van der Waals surface area contributed by atoms with E-state index in [0.29, 0.717) is 13.1 Å². The molecule has 0 aliphatic heterocycles. The van der Waals surface area contributed by atoms with Crippen LogP contribution in [0.5, 0.6) is 0 Å². The van der Waals surface area contributed by atoms with Crippen molar-refractivity contribution >= 4 is 18.5 Å². The SMILES string of the molecule is C=CCN(Cc1ccccc1)C(=O)CS. The average Bonchev–Trinajstić information content (AvgIpc) is 2.29. The molecule has 1 rings (SSSR count). The Balaban J connectivity index is 2.66. The maximum atomic E-state index is 11.5. The van der Waals surface area contributed by atoms with Crippen LogP contribution >= 0.6 is 12.6 Å². The van der Waals surface area contributed by atoms with Crippen molar-refractivity contribution in [2.24, 2.45) is 0 Å². The molecule has 0 aliphatic carbocycles. The molecule has 2 nitrogen and oxygen atoms in total. The molecule has 1 amide bonds. The first-order valence-corrected chi connectivity index (χ1v) is 5.44. The van der Waals surface area contributed by atoms with Crippen LogP contribution in [-0.4, -0.2) is 23.1 Å². The van der Waals surface area contributed by atoms with Gasteiger partial charge in [0.15, 0.2) is 0 Å². The zero-order valence-corrected chi connectivity index (χ0v) is 9.49. The number of rotatable bonds is 5. The molecule has 0 aliphatic rings. The van der Waals surface area contributed by atoms with Gasteiger partial charge >= 0.3 is 0 Å². The summed E-state index contributed by atoms with van der Waals surface area (Å²) in [6.45, 7) is 4.82. The van der Waals surface area contributed by atoms with Gasteiger partial charge in [-0.1, -0.05) is 36.4 Å². The van der Waals surface area contributed by atoms with Gasteiger partial charge in [-0.2, -0.15) is 12.6 Å². The molecule has 0 saturated carbocycles. The van der Waals surface area contributed by atoms with Gasteiger partial charge in [0.1, 0.15) is 0 Å². The van der Waals surface area contributed by atoms with E-state index in [1.54, 1.807) is 11.0 Å². The predicted molar refractivity (Wildman–Crippen MR) is 65.9 cm³/mol. The van der Waals surface area contributed by atoms with Crippen LogP contribution in [0.3, 0.4) is 0 Å². The average molecular weight is 221 g/mol. The molecule has 0 N–H and O–H groups in total. The van der Waals surface area contributed by atoms with Crippen LogP contribution in [0.4, 0.5) is 0 Å². The number of carbonyl (C=O) groups excluding carboxylic acids is 1. The number of hydrogen-bond acceptors (Lipinski definition) is 2. The minimum absolute atomic E-state index is 0.0297. The normalized spacial score (nSPS) is 9.67. The molecule has 0 atom stereocenters. The quantitative estimate of drug-likeness (QED) is 0.596. The van der Waals surface area contributed by atoms with Crippen molar-refractivity contribution in [3.63, 3.8) is 0 Å². The Kier molecular flexibility index (Phi) is 4.98. The maximum Gasteiger partial charge on any atom is 0.232 e. The molecule has 0 spiro atoms. The van der Waals surface area contributed by atoms with E-state index in [4.69, 9.17) is 0 Å². The summed E-state index contributed by atoms with van der Waals surface area (Å²) in [6.07, 6.45) is 1.73. The van der Waals surface area contributed by atoms with Gasteiger partial charge in [0.2, 0.25) is 5.91 Å². The van der Waals surface area contributed by atoms with Crippen molar-refractivity contribution in [3.8, 4) is 0 Å². The van der Waals surface area contributed by atoms with Crippen LogP contribution in [0.2, 0.25) is 0 Å². The van der Waals surface area contributed by atoms with E-state index in [9.17, 15) is 4.79 Å². The first-order chi connectivity index (χ1) is 7.27. The summed E-state index contributed by atoms with van der Waals surface area (Å²) < 4.78 is 0. The Morgan fingerprint density at radius 2 is 2.07 bits per heavy atom. The molecular formula is C12H15NOS. The van der Waals surface area contributed by atoms with Crippen LogP contribution in [0, 0.1) is 0 Å². The maximum absolute atomic E-state index is 11.5. The molecule has 0 radical (unpaired) electrons. The fourth-order valence-electron chi connectivity index (χ4n) is 1.31. The minimum Gasteiger partial charge on any atom is -0.334 e. The molecule has 80 valence electrons. The lowest BCUT2D eigenvalue weighted by Gasteiger charge is -2.20. The summed E-state index contributed by atoms with van der Waals surface area (Å²) in [5.41, 5.74) is 1.12. The molecule has 0 unspecified atom stereocenters. The minimum atomic E-state index is 0.0297. The standard InChI is InChI=1S/C12H15NOS/c1-2-8-13(12(14)10-15)9-11-6-4-3-5-7-11/h2-7,15H,1,8-10H2. The molecule has 15 heavy (non-hydrogen) atoms. The summed E-state index contributed by atoms with van der Waals surface area (Å²) in [5.74, 6) is 0.266. The summed E-state index contributed by atoms with van der Waals surface area (Å²) >= 11 is 3.99. The van der Waals surface area contributed by atoms with Gasteiger partial charge in [0.25, 0.3) is 0 Å². The van der Waals surface area contributed by atoms with E-state index in [1.807, 2.05) is 30.3 Å². The Morgan fingerprint density at radius 3 is 2.60 bits per heavy atom. The largest absolute Gasteiger partial charge is 0.334 e. The van der Waals surface area contributed by atoms with Crippen LogP contribution < -0.4 is 0 Å². The van der Waals surface area contributed by atoms with Gasteiger partial charge < -0.3 is 4.90 Å². The van der Waals surface area contributed by atoms with Crippen molar-refractivity contribution in [1.82, 2.24) is 4.90 Å². The van der Waals surface area contributed by atoms with Crippen LogP contribution in [0.25, 0.3) is 0 Å². The lowest BCUT2D eigenvalue weighted by molar-refractivity contribution is -0.128. The van der Waals surface area contributed by atoms with E-state index >= 15 is 0 Å². The highest BCUT2D eigenvalue weighted by Gasteiger charge is 2.09. The predicted octanol–water partition coefficient (Wildman–Crippen LogP) is 2.13. The molecule has 0 bridgehead atoms. The van der Waals surface area contributed by atoms with Crippen LogP contribution in [0.15, 0.2) is 43.0 Å². The highest BCUT2D eigenvalue weighted by atomic mass is 32.1. The summed E-state index contributed by atoms with van der Waals surface area (Å²) in [5, 5.41) is 0.